The van der Waals surface area contributed by atoms with Crippen molar-refractivity contribution in [3.05, 3.63) is 69.2 Å². The summed E-state index contributed by atoms with van der Waals surface area (Å²) in [5, 5.41) is 3.46. The van der Waals surface area contributed by atoms with Crippen molar-refractivity contribution in [3.63, 3.8) is 0 Å². The number of amides is 2. The van der Waals surface area contributed by atoms with E-state index in [4.69, 9.17) is 11.6 Å². The van der Waals surface area contributed by atoms with Gasteiger partial charge in [0.25, 0.3) is 0 Å². The van der Waals surface area contributed by atoms with Gasteiger partial charge in [-0.1, -0.05) is 58.7 Å². The van der Waals surface area contributed by atoms with E-state index in [1.54, 1.807) is 24.0 Å². The molecule has 1 atom stereocenters. The fraction of sp³-hybridized carbons (Fsp3) is 0.333. The molecule has 2 aromatic rings. The monoisotopic (exact) mass is 450 g/mol. The highest BCUT2D eigenvalue weighted by Crippen LogP contribution is 2.17. The molecule has 2 rings (SSSR count). The molecule has 2 amide bonds. The molecular formula is C21H24BrClN2O2. The average molecular weight is 452 g/mol. The molecule has 0 bridgehead atoms. The molecule has 144 valence electrons. The second kappa shape index (κ2) is 10.5. The predicted octanol–water partition coefficient (Wildman–Crippen LogP) is 4.59. The Hall–Kier alpha value is -1.85. The molecule has 27 heavy (non-hydrogen) atoms. The highest BCUT2D eigenvalue weighted by atomic mass is 79.9. The summed E-state index contributed by atoms with van der Waals surface area (Å²) in [6.45, 7) is 4.71. The minimum absolute atomic E-state index is 0.114. The topological polar surface area (TPSA) is 49.4 Å². The molecule has 1 N–H and O–H groups in total. The zero-order chi connectivity index (χ0) is 19.8. The standard InChI is InChI=1S/C21H24BrClN2O2/c1-3-10-24-21(27)15(2)25(14-17-7-4-8-18(22)11-17)20(26)13-16-6-5-9-19(23)12-16/h4-9,11-12,15H,3,10,13-14H2,1-2H3,(H,24,27)/t15-/m0/s1. The van der Waals surface area contributed by atoms with Gasteiger partial charge in [0.1, 0.15) is 6.04 Å². The van der Waals surface area contributed by atoms with Crippen molar-refractivity contribution in [2.45, 2.75) is 39.3 Å². The average Bonchev–Trinajstić information content (AvgIpc) is 2.63. The van der Waals surface area contributed by atoms with Gasteiger partial charge in [0.05, 0.1) is 6.42 Å². The van der Waals surface area contributed by atoms with Gasteiger partial charge in [0.15, 0.2) is 0 Å². The summed E-state index contributed by atoms with van der Waals surface area (Å²) in [6, 6.07) is 14.4. The Morgan fingerprint density at radius 1 is 1.15 bits per heavy atom. The van der Waals surface area contributed by atoms with Crippen molar-refractivity contribution in [2.24, 2.45) is 0 Å². The van der Waals surface area contributed by atoms with Gasteiger partial charge in [-0.3, -0.25) is 9.59 Å². The molecular weight excluding hydrogens is 428 g/mol. The molecule has 0 unspecified atom stereocenters. The first kappa shape index (κ1) is 21.5. The third kappa shape index (κ3) is 6.67. The maximum atomic E-state index is 13.0. The van der Waals surface area contributed by atoms with Crippen LogP contribution in [0.1, 0.15) is 31.4 Å². The minimum atomic E-state index is -0.567. The molecule has 0 aliphatic heterocycles. The van der Waals surface area contributed by atoms with E-state index in [1.165, 1.54) is 0 Å². The molecule has 4 nitrogen and oxygen atoms in total. The fourth-order valence-corrected chi connectivity index (χ4v) is 3.39. The van der Waals surface area contributed by atoms with Gasteiger partial charge in [-0.05, 0) is 48.7 Å². The Morgan fingerprint density at radius 2 is 1.85 bits per heavy atom. The first-order valence-electron chi connectivity index (χ1n) is 8.96. The summed E-state index contributed by atoms with van der Waals surface area (Å²) >= 11 is 9.48. The number of hydrogen-bond acceptors (Lipinski definition) is 2. The smallest absolute Gasteiger partial charge is 0.242 e. The number of hydrogen-bond donors (Lipinski definition) is 1. The summed E-state index contributed by atoms with van der Waals surface area (Å²) < 4.78 is 0.935. The third-order valence-electron chi connectivity index (χ3n) is 4.20. The zero-order valence-electron chi connectivity index (χ0n) is 15.5. The van der Waals surface area contributed by atoms with Crippen molar-refractivity contribution >= 4 is 39.3 Å². The van der Waals surface area contributed by atoms with Gasteiger partial charge in [0, 0.05) is 22.6 Å². The lowest BCUT2D eigenvalue weighted by Gasteiger charge is -2.29. The Kier molecular flexibility index (Phi) is 8.32. The van der Waals surface area contributed by atoms with E-state index in [2.05, 4.69) is 21.2 Å². The van der Waals surface area contributed by atoms with Gasteiger partial charge >= 0.3 is 0 Å². The van der Waals surface area contributed by atoms with Crippen LogP contribution in [-0.4, -0.2) is 29.3 Å². The van der Waals surface area contributed by atoms with E-state index in [1.807, 2.05) is 43.3 Å². The summed E-state index contributed by atoms with van der Waals surface area (Å²) in [6.07, 6.45) is 1.04. The number of rotatable bonds is 8. The number of carbonyl (C=O) groups is 2. The summed E-state index contributed by atoms with van der Waals surface area (Å²) in [7, 11) is 0. The highest BCUT2D eigenvalue weighted by molar-refractivity contribution is 9.10. The van der Waals surface area contributed by atoms with Crippen LogP contribution in [0.3, 0.4) is 0 Å². The first-order chi connectivity index (χ1) is 12.9. The van der Waals surface area contributed by atoms with Crippen LogP contribution in [0.5, 0.6) is 0 Å². The molecule has 0 aliphatic rings. The largest absolute Gasteiger partial charge is 0.354 e. The second-order valence-electron chi connectivity index (χ2n) is 6.43. The molecule has 0 saturated carbocycles. The van der Waals surface area contributed by atoms with Crippen LogP contribution >= 0.6 is 27.5 Å². The van der Waals surface area contributed by atoms with Gasteiger partial charge in [-0.2, -0.15) is 0 Å². The summed E-state index contributed by atoms with van der Waals surface area (Å²) in [5.74, 6) is -0.261. The van der Waals surface area contributed by atoms with Gasteiger partial charge in [-0.25, -0.2) is 0 Å². The first-order valence-corrected chi connectivity index (χ1v) is 10.1. The molecule has 0 heterocycles. The molecule has 0 fully saturated rings. The molecule has 0 spiro atoms. The number of carbonyl (C=O) groups excluding carboxylic acids is 2. The van der Waals surface area contributed by atoms with E-state index < -0.39 is 6.04 Å². The van der Waals surface area contributed by atoms with Crippen LogP contribution in [-0.2, 0) is 22.6 Å². The van der Waals surface area contributed by atoms with Gasteiger partial charge < -0.3 is 10.2 Å². The Balaban J connectivity index is 2.21. The predicted molar refractivity (Wildman–Crippen MR) is 113 cm³/mol. The maximum absolute atomic E-state index is 13.0. The lowest BCUT2D eigenvalue weighted by atomic mass is 10.1. The SMILES string of the molecule is CCCNC(=O)[C@H](C)N(Cc1cccc(Br)c1)C(=O)Cc1cccc(Cl)c1. The van der Waals surface area contributed by atoms with Crippen LogP contribution in [0.4, 0.5) is 0 Å². The van der Waals surface area contributed by atoms with Gasteiger partial charge in [-0.15, -0.1) is 0 Å². The number of benzene rings is 2. The quantitative estimate of drug-likeness (QED) is 0.638. The summed E-state index contributed by atoms with van der Waals surface area (Å²) in [5.41, 5.74) is 1.78. The Labute approximate surface area is 174 Å². The van der Waals surface area contributed by atoms with Crippen LogP contribution in [0.25, 0.3) is 0 Å². The number of nitrogens with one attached hydrogen (secondary N) is 1. The van der Waals surface area contributed by atoms with E-state index >= 15 is 0 Å². The molecule has 0 aromatic heterocycles. The van der Waals surface area contributed by atoms with Crippen molar-refractivity contribution in [2.75, 3.05) is 6.54 Å². The lowest BCUT2D eigenvalue weighted by Crippen LogP contribution is -2.48. The molecule has 0 saturated heterocycles. The zero-order valence-corrected chi connectivity index (χ0v) is 17.9. The fourth-order valence-electron chi connectivity index (χ4n) is 2.73. The van der Waals surface area contributed by atoms with E-state index in [0.29, 0.717) is 18.1 Å². The second-order valence-corrected chi connectivity index (χ2v) is 7.78. The number of halogens is 2. The van der Waals surface area contributed by atoms with E-state index in [9.17, 15) is 9.59 Å². The van der Waals surface area contributed by atoms with Crippen LogP contribution < -0.4 is 5.32 Å². The molecule has 2 aromatic carbocycles. The lowest BCUT2D eigenvalue weighted by molar-refractivity contribution is -0.140. The van der Waals surface area contributed by atoms with Crippen LogP contribution in [0.2, 0.25) is 5.02 Å². The Morgan fingerprint density at radius 3 is 2.52 bits per heavy atom. The van der Waals surface area contributed by atoms with E-state index in [0.717, 1.165) is 22.0 Å². The van der Waals surface area contributed by atoms with Crippen molar-refractivity contribution < 1.29 is 9.59 Å². The van der Waals surface area contributed by atoms with Crippen molar-refractivity contribution in [3.8, 4) is 0 Å². The normalized spacial score (nSPS) is 11.7. The van der Waals surface area contributed by atoms with Crippen molar-refractivity contribution in [1.82, 2.24) is 10.2 Å². The highest BCUT2D eigenvalue weighted by Gasteiger charge is 2.26. The summed E-state index contributed by atoms with van der Waals surface area (Å²) in [4.78, 5) is 27.1. The van der Waals surface area contributed by atoms with Crippen LogP contribution in [0, 0.1) is 0 Å². The van der Waals surface area contributed by atoms with E-state index in [-0.39, 0.29) is 18.2 Å². The minimum Gasteiger partial charge on any atom is -0.354 e. The Bertz CT molecular complexity index is 797. The van der Waals surface area contributed by atoms with Crippen LogP contribution in [0.15, 0.2) is 53.0 Å². The van der Waals surface area contributed by atoms with Crippen molar-refractivity contribution in [1.29, 1.82) is 0 Å². The van der Waals surface area contributed by atoms with Gasteiger partial charge in [0.2, 0.25) is 11.8 Å². The molecule has 0 aliphatic carbocycles. The molecule has 0 radical (unpaired) electrons. The number of nitrogens with zero attached hydrogens (tertiary/aromatic N) is 1. The third-order valence-corrected chi connectivity index (χ3v) is 4.93. The maximum Gasteiger partial charge on any atom is 0.242 e. The molecule has 6 heteroatoms.